The number of nitrogens with one attached hydrogen (secondary N) is 5. The van der Waals surface area contributed by atoms with E-state index in [1.165, 1.54) is 4.90 Å². The van der Waals surface area contributed by atoms with Crippen molar-refractivity contribution < 1.29 is 39.0 Å². The summed E-state index contributed by atoms with van der Waals surface area (Å²) in [6.07, 6.45) is -1.53. The van der Waals surface area contributed by atoms with Crippen LogP contribution in [0.2, 0.25) is 0 Å². The second-order valence-corrected chi connectivity index (χ2v) is 11.1. The smallest absolute Gasteiger partial charge is 0.432 e. The normalized spacial score (nSPS) is 13.1. The van der Waals surface area contributed by atoms with Gasteiger partial charge in [0, 0.05) is 56.4 Å². The van der Waals surface area contributed by atoms with Crippen LogP contribution in [0, 0.1) is 0 Å². The number of carbonyl (C=O) groups excluding carboxylic acids is 4. The summed E-state index contributed by atoms with van der Waals surface area (Å²) < 4.78 is 5.75. The van der Waals surface area contributed by atoms with Gasteiger partial charge in [0.25, 0.3) is 0 Å². The van der Waals surface area contributed by atoms with E-state index in [0.717, 1.165) is 17.7 Å². The largest absolute Gasteiger partial charge is 0.492 e. The molecule has 0 saturated heterocycles. The number of carbonyl (C=O) groups is 4. The Morgan fingerprint density at radius 1 is 0.814 bits per heavy atom. The first-order chi connectivity index (χ1) is 20.1. The molecule has 1 aromatic carbocycles. The summed E-state index contributed by atoms with van der Waals surface area (Å²) in [5, 5.41) is 32.6. The van der Waals surface area contributed by atoms with Crippen molar-refractivity contribution in [3.8, 4) is 11.8 Å². The maximum absolute atomic E-state index is 13.2. The molecule has 0 aliphatic rings. The molecular weight excluding hydrogens is 562 g/mol. The van der Waals surface area contributed by atoms with Crippen molar-refractivity contribution in [3.63, 3.8) is 0 Å². The lowest BCUT2D eigenvalue weighted by molar-refractivity contribution is 0.0508. The molecule has 15 nitrogen and oxygen atoms in total. The van der Waals surface area contributed by atoms with Crippen LogP contribution in [0.4, 0.5) is 19.2 Å². The van der Waals surface area contributed by atoms with Gasteiger partial charge in [0.05, 0.1) is 0 Å². The number of amides is 6. The highest BCUT2D eigenvalue weighted by atomic mass is 16.7. The number of ether oxygens (including phenoxy) is 1. The number of urea groups is 2. The molecule has 3 atom stereocenters. The molecular formula is C28H43N7O8. The Labute approximate surface area is 250 Å². The van der Waals surface area contributed by atoms with E-state index in [2.05, 4.69) is 26.6 Å². The van der Waals surface area contributed by atoms with Crippen molar-refractivity contribution in [1.29, 1.82) is 0 Å². The Hall–Kier alpha value is -4.82. The van der Waals surface area contributed by atoms with E-state index in [1.54, 1.807) is 41.5 Å². The molecule has 0 bridgehead atoms. The van der Waals surface area contributed by atoms with E-state index >= 15 is 0 Å². The topological polar surface area (TPSA) is 196 Å². The lowest BCUT2D eigenvalue weighted by Gasteiger charge is -2.30. The van der Waals surface area contributed by atoms with E-state index in [0.29, 0.717) is 4.73 Å². The number of rotatable bonds is 12. The van der Waals surface area contributed by atoms with Crippen molar-refractivity contribution in [3.05, 3.63) is 48.0 Å². The van der Waals surface area contributed by atoms with Crippen LogP contribution in [0.1, 0.15) is 47.1 Å². The molecule has 2 rings (SSSR count). The first-order valence-corrected chi connectivity index (χ1v) is 13.8. The van der Waals surface area contributed by atoms with Crippen molar-refractivity contribution >= 4 is 24.2 Å². The monoisotopic (exact) mass is 605 g/mol. The number of hydrogen-bond donors (Lipinski definition) is 7. The minimum Gasteiger partial charge on any atom is -0.492 e. The first-order valence-electron chi connectivity index (χ1n) is 13.8. The number of aromatic hydroxyl groups is 2. The third-order valence-electron chi connectivity index (χ3n) is 5.77. The van der Waals surface area contributed by atoms with Crippen LogP contribution < -0.4 is 31.4 Å². The molecule has 0 unspecified atom stereocenters. The number of alkyl carbamates (subject to hydrolysis) is 1. The lowest BCUT2D eigenvalue weighted by atomic mass is 10.2. The predicted molar refractivity (Wildman–Crippen MR) is 157 cm³/mol. The zero-order chi connectivity index (χ0) is 32.2. The molecule has 43 heavy (non-hydrogen) atoms. The number of hydrogen-bond acceptors (Lipinski definition) is 8. The summed E-state index contributed by atoms with van der Waals surface area (Å²) >= 11 is 0. The number of aromatic nitrogens is 1. The molecule has 1 heterocycles. The molecule has 0 aliphatic carbocycles. The highest BCUT2D eigenvalue weighted by Crippen LogP contribution is 2.18. The summed E-state index contributed by atoms with van der Waals surface area (Å²) in [6, 6.07) is 9.33. The molecule has 0 saturated carbocycles. The highest BCUT2D eigenvalue weighted by molar-refractivity contribution is 5.76. The van der Waals surface area contributed by atoms with Crippen LogP contribution in [0.5, 0.6) is 11.8 Å². The number of nitrogens with zero attached hydrogens (tertiary/aromatic N) is 2. The SMILES string of the molecule is C[C@@H](CNC(=O)N(Cc1ccccc1)[C@@H](C)CNC(=O)On1c(O)ccc1O)NC(=O)NC[C@H](C)NC(=O)OC(C)(C)C. The average molecular weight is 606 g/mol. The Balaban J connectivity index is 1.87. The summed E-state index contributed by atoms with van der Waals surface area (Å²) in [5.74, 6) is -0.927. The van der Waals surface area contributed by atoms with Crippen LogP contribution >= 0.6 is 0 Å². The van der Waals surface area contributed by atoms with Crippen molar-refractivity contribution in [2.45, 2.75) is 71.8 Å². The van der Waals surface area contributed by atoms with E-state index < -0.39 is 53.7 Å². The lowest BCUT2D eigenvalue weighted by Crippen LogP contribution is -2.53. The van der Waals surface area contributed by atoms with E-state index in [-0.39, 0.29) is 32.2 Å². The van der Waals surface area contributed by atoms with Crippen LogP contribution in [0.15, 0.2) is 42.5 Å². The fraction of sp³-hybridized carbons (Fsp3) is 0.500. The van der Waals surface area contributed by atoms with Crippen LogP contribution in [0.3, 0.4) is 0 Å². The standard InChI is InChI=1S/C28H43N7O8/c1-18(32-24(38)29-14-19(2)33-27(41)42-28(4,5)6)15-30-25(39)34(17-21-10-8-7-9-11-21)20(3)16-31-26(40)43-35-22(36)12-13-23(35)37/h7-13,18-20,36-37H,14-17H2,1-6H3,(H,30,39)(H,31,40)(H,33,41)(H2,29,32,38)/t18-,19-,20-/m0/s1. The fourth-order valence-corrected chi connectivity index (χ4v) is 3.63. The molecule has 6 amide bonds. The van der Waals surface area contributed by atoms with E-state index in [1.807, 2.05) is 30.3 Å². The van der Waals surface area contributed by atoms with Gasteiger partial charge in [0.15, 0.2) is 0 Å². The molecule has 0 fully saturated rings. The summed E-state index contributed by atoms with van der Waals surface area (Å²) in [6.45, 7) is 10.9. The van der Waals surface area contributed by atoms with Gasteiger partial charge < -0.3 is 51.3 Å². The van der Waals surface area contributed by atoms with E-state index in [9.17, 15) is 29.4 Å². The Morgan fingerprint density at radius 3 is 2.00 bits per heavy atom. The second kappa shape index (κ2) is 16.0. The molecule has 15 heteroatoms. The van der Waals surface area contributed by atoms with E-state index in [4.69, 9.17) is 9.57 Å². The molecule has 7 N–H and O–H groups in total. The number of benzene rings is 1. The van der Waals surface area contributed by atoms with Gasteiger partial charge in [-0.25, -0.2) is 19.2 Å². The average Bonchev–Trinajstić information content (AvgIpc) is 3.23. The Morgan fingerprint density at radius 2 is 1.40 bits per heavy atom. The zero-order valence-electron chi connectivity index (χ0n) is 25.3. The van der Waals surface area contributed by atoms with Gasteiger partial charge in [-0.3, -0.25) is 0 Å². The summed E-state index contributed by atoms with van der Waals surface area (Å²) in [7, 11) is 0. The quantitative estimate of drug-likeness (QED) is 0.191. The predicted octanol–water partition coefficient (Wildman–Crippen LogP) is 2.24. The van der Waals surface area contributed by atoms with Crippen molar-refractivity contribution in [2.75, 3.05) is 19.6 Å². The maximum atomic E-state index is 13.2. The van der Waals surface area contributed by atoms with Gasteiger partial charge in [-0.15, -0.1) is 4.73 Å². The summed E-state index contributed by atoms with van der Waals surface area (Å²) in [5.41, 5.74) is 0.221. The summed E-state index contributed by atoms with van der Waals surface area (Å²) in [4.78, 5) is 56.0. The third kappa shape index (κ3) is 12.7. The first kappa shape index (κ1) is 34.4. The molecule has 2 aromatic rings. The zero-order valence-corrected chi connectivity index (χ0v) is 25.3. The van der Waals surface area contributed by atoms with Gasteiger partial charge in [-0.05, 0) is 47.1 Å². The third-order valence-corrected chi connectivity index (χ3v) is 5.77. The second-order valence-electron chi connectivity index (χ2n) is 11.1. The van der Waals surface area contributed by atoms with Gasteiger partial charge in [0.2, 0.25) is 11.8 Å². The fourth-order valence-electron chi connectivity index (χ4n) is 3.63. The minimum atomic E-state index is -0.951. The Kier molecular flexibility index (Phi) is 12.8. The van der Waals surface area contributed by atoms with Crippen LogP contribution in [0.25, 0.3) is 0 Å². The van der Waals surface area contributed by atoms with Crippen molar-refractivity contribution in [1.82, 2.24) is 36.2 Å². The molecule has 0 spiro atoms. The molecule has 238 valence electrons. The maximum Gasteiger partial charge on any atom is 0.432 e. The highest BCUT2D eigenvalue weighted by Gasteiger charge is 2.23. The Bertz CT molecular complexity index is 1200. The minimum absolute atomic E-state index is 0.00635. The van der Waals surface area contributed by atoms with Gasteiger partial charge in [-0.2, -0.15) is 0 Å². The molecule has 0 radical (unpaired) electrons. The molecule has 0 aliphatic heterocycles. The van der Waals surface area contributed by atoms with Gasteiger partial charge in [0.1, 0.15) is 5.60 Å². The molecule has 1 aromatic heterocycles. The van der Waals surface area contributed by atoms with Gasteiger partial charge in [-0.1, -0.05) is 30.3 Å². The van der Waals surface area contributed by atoms with Gasteiger partial charge >= 0.3 is 24.2 Å². The van der Waals surface area contributed by atoms with Crippen LogP contribution in [-0.2, 0) is 11.3 Å². The van der Waals surface area contributed by atoms with Crippen molar-refractivity contribution in [2.24, 2.45) is 0 Å². The van der Waals surface area contributed by atoms with Crippen LogP contribution in [-0.4, -0.2) is 87.5 Å².